The zero-order valence-corrected chi connectivity index (χ0v) is 13.6. The highest BCUT2D eigenvalue weighted by molar-refractivity contribution is 5.04. The lowest BCUT2D eigenvalue weighted by Gasteiger charge is -2.47. The van der Waals surface area contributed by atoms with Crippen LogP contribution in [0.3, 0.4) is 0 Å². The van der Waals surface area contributed by atoms with Gasteiger partial charge in [0, 0.05) is 36.9 Å². The number of pyridine rings is 1. The molecule has 4 nitrogen and oxygen atoms in total. The van der Waals surface area contributed by atoms with Gasteiger partial charge in [0.1, 0.15) is 0 Å². The molecule has 1 fully saturated rings. The van der Waals surface area contributed by atoms with Gasteiger partial charge in [0.25, 0.3) is 0 Å². The number of hydrogen-bond acceptors (Lipinski definition) is 4. The Morgan fingerprint density at radius 3 is 2.67 bits per heavy atom. The Balaban J connectivity index is 1.88. The van der Waals surface area contributed by atoms with E-state index in [1.807, 2.05) is 12.3 Å². The fraction of sp³-hybridized carbons (Fsp3) is 0.706. The van der Waals surface area contributed by atoms with Crippen molar-refractivity contribution >= 4 is 0 Å². The van der Waals surface area contributed by atoms with Crippen molar-refractivity contribution in [2.75, 3.05) is 39.8 Å². The van der Waals surface area contributed by atoms with Crippen LogP contribution in [0.5, 0.6) is 0 Å². The summed E-state index contributed by atoms with van der Waals surface area (Å²) in [7, 11) is 2.23. The van der Waals surface area contributed by atoms with Gasteiger partial charge in [-0.1, -0.05) is 13.0 Å². The van der Waals surface area contributed by atoms with Gasteiger partial charge in [-0.2, -0.15) is 0 Å². The van der Waals surface area contributed by atoms with Crippen LogP contribution in [0.2, 0.25) is 0 Å². The highest BCUT2D eigenvalue weighted by Gasteiger charge is 2.36. The van der Waals surface area contributed by atoms with Gasteiger partial charge >= 0.3 is 0 Å². The first-order valence-corrected chi connectivity index (χ1v) is 8.24. The van der Waals surface area contributed by atoms with Crippen molar-refractivity contribution < 1.29 is 0 Å². The number of nitrogens with two attached hydrogens (primary N) is 1. The summed E-state index contributed by atoms with van der Waals surface area (Å²) in [6, 6.07) is 6.13. The maximum Gasteiger partial charge on any atom is 0.0416 e. The van der Waals surface area contributed by atoms with Crippen molar-refractivity contribution in [2.24, 2.45) is 5.73 Å². The highest BCUT2D eigenvalue weighted by Crippen LogP contribution is 2.27. The first kappa shape index (κ1) is 16.4. The number of piperidine rings is 1. The monoisotopic (exact) mass is 290 g/mol. The van der Waals surface area contributed by atoms with Gasteiger partial charge in [0.2, 0.25) is 0 Å². The van der Waals surface area contributed by atoms with Gasteiger partial charge in [-0.05, 0) is 58.1 Å². The maximum atomic E-state index is 6.15. The Morgan fingerprint density at radius 2 is 2.10 bits per heavy atom. The van der Waals surface area contributed by atoms with Gasteiger partial charge in [0.05, 0.1) is 0 Å². The van der Waals surface area contributed by atoms with Crippen LogP contribution in [0, 0.1) is 0 Å². The third kappa shape index (κ3) is 4.25. The van der Waals surface area contributed by atoms with Crippen LogP contribution in [0.15, 0.2) is 24.4 Å². The van der Waals surface area contributed by atoms with E-state index in [2.05, 4.69) is 40.9 Å². The second kappa shape index (κ2) is 7.87. The smallest absolute Gasteiger partial charge is 0.0416 e. The number of nitrogens with zero attached hydrogens (tertiary/aromatic N) is 3. The van der Waals surface area contributed by atoms with Crippen LogP contribution >= 0.6 is 0 Å². The van der Waals surface area contributed by atoms with Gasteiger partial charge < -0.3 is 10.6 Å². The summed E-state index contributed by atoms with van der Waals surface area (Å²) in [5.41, 5.74) is 7.50. The molecule has 118 valence electrons. The van der Waals surface area contributed by atoms with E-state index < -0.39 is 0 Å². The van der Waals surface area contributed by atoms with Crippen molar-refractivity contribution in [1.82, 2.24) is 14.8 Å². The summed E-state index contributed by atoms with van der Waals surface area (Å²) < 4.78 is 0. The van der Waals surface area contributed by atoms with E-state index in [-0.39, 0.29) is 5.54 Å². The molecule has 21 heavy (non-hydrogen) atoms. The molecule has 2 N–H and O–H groups in total. The average Bonchev–Trinajstić information content (AvgIpc) is 2.55. The molecule has 1 aliphatic rings. The van der Waals surface area contributed by atoms with E-state index >= 15 is 0 Å². The van der Waals surface area contributed by atoms with Crippen LogP contribution in [0.1, 0.15) is 31.9 Å². The predicted octanol–water partition coefficient (Wildman–Crippen LogP) is 1.76. The number of aromatic nitrogens is 1. The predicted molar refractivity (Wildman–Crippen MR) is 88.3 cm³/mol. The summed E-state index contributed by atoms with van der Waals surface area (Å²) in [4.78, 5) is 9.46. The molecule has 1 aliphatic heterocycles. The van der Waals surface area contributed by atoms with Crippen LogP contribution in [0.25, 0.3) is 0 Å². The molecule has 1 aromatic heterocycles. The summed E-state index contributed by atoms with van der Waals surface area (Å²) >= 11 is 0. The third-order valence-electron chi connectivity index (χ3n) is 4.95. The van der Waals surface area contributed by atoms with Crippen LogP contribution in [0.4, 0.5) is 0 Å². The van der Waals surface area contributed by atoms with Crippen molar-refractivity contribution in [2.45, 2.75) is 38.1 Å². The standard InChI is InChI=1S/C17H30N4/c1-3-11-21-13-8-17(15-18,9-14-21)20(2)12-7-16-6-4-5-10-19-16/h4-6,10H,3,7-9,11-15,18H2,1-2H3. The quantitative estimate of drug-likeness (QED) is 0.831. The summed E-state index contributed by atoms with van der Waals surface area (Å²) in [5.74, 6) is 0. The topological polar surface area (TPSA) is 45.4 Å². The fourth-order valence-corrected chi connectivity index (χ4v) is 3.32. The molecular formula is C17H30N4. The number of hydrogen-bond donors (Lipinski definition) is 1. The Kier molecular flexibility index (Phi) is 6.15. The Morgan fingerprint density at radius 1 is 1.33 bits per heavy atom. The lowest BCUT2D eigenvalue weighted by molar-refractivity contribution is 0.0459. The van der Waals surface area contributed by atoms with Gasteiger partial charge in [-0.25, -0.2) is 0 Å². The minimum atomic E-state index is 0.180. The van der Waals surface area contributed by atoms with Crippen molar-refractivity contribution in [3.63, 3.8) is 0 Å². The molecule has 0 unspecified atom stereocenters. The zero-order valence-electron chi connectivity index (χ0n) is 13.6. The molecule has 2 rings (SSSR count). The molecule has 0 spiro atoms. The van der Waals surface area contributed by atoms with Gasteiger partial charge in [-0.15, -0.1) is 0 Å². The van der Waals surface area contributed by atoms with E-state index in [1.54, 1.807) is 0 Å². The van der Waals surface area contributed by atoms with E-state index in [4.69, 9.17) is 5.73 Å². The maximum absolute atomic E-state index is 6.15. The summed E-state index contributed by atoms with van der Waals surface area (Å²) in [6.45, 7) is 7.62. The summed E-state index contributed by atoms with van der Waals surface area (Å²) in [5, 5.41) is 0. The molecule has 4 heteroatoms. The van der Waals surface area contributed by atoms with Gasteiger partial charge in [-0.3, -0.25) is 9.88 Å². The van der Waals surface area contributed by atoms with Crippen molar-refractivity contribution in [3.8, 4) is 0 Å². The Hall–Kier alpha value is -0.970. The largest absolute Gasteiger partial charge is 0.329 e. The SMILES string of the molecule is CCCN1CCC(CN)(N(C)CCc2ccccn2)CC1. The highest BCUT2D eigenvalue weighted by atomic mass is 15.2. The lowest BCUT2D eigenvalue weighted by atomic mass is 9.85. The van der Waals surface area contributed by atoms with Crippen molar-refractivity contribution in [3.05, 3.63) is 30.1 Å². The minimum Gasteiger partial charge on any atom is -0.329 e. The van der Waals surface area contributed by atoms with Crippen LogP contribution < -0.4 is 5.73 Å². The number of likely N-dealkylation sites (tertiary alicyclic amines) is 1. The first-order chi connectivity index (χ1) is 10.2. The number of likely N-dealkylation sites (N-methyl/N-ethyl adjacent to an activating group) is 1. The second-order valence-electron chi connectivity index (χ2n) is 6.26. The Bertz CT molecular complexity index is 399. The third-order valence-corrected chi connectivity index (χ3v) is 4.95. The van der Waals surface area contributed by atoms with Gasteiger partial charge in [0.15, 0.2) is 0 Å². The zero-order chi connectivity index (χ0) is 15.1. The summed E-state index contributed by atoms with van der Waals surface area (Å²) in [6.07, 6.45) is 6.48. The van der Waals surface area contributed by atoms with E-state index in [1.165, 1.54) is 44.6 Å². The molecule has 0 atom stereocenters. The molecule has 0 radical (unpaired) electrons. The van der Waals surface area contributed by atoms with E-state index in [9.17, 15) is 0 Å². The lowest BCUT2D eigenvalue weighted by Crippen LogP contribution is -2.58. The fourth-order valence-electron chi connectivity index (χ4n) is 3.32. The van der Waals surface area contributed by atoms with E-state index in [0.717, 1.165) is 19.5 Å². The molecule has 0 aromatic carbocycles. The molecule has 0 amide bonds. The Labute approximate surface area is 129 Å². The minimum absolute atomic E-state index is 0.180. The van der Waals surface area contributed by atoms with Crippen LogP contribution in [-0.4, -0.2) is 60.1 Å². The molecule has 0 saturated carbocycles. The molecular weight excluding hydrogens is 260 g/mol. The molecule has 0 bridgehead atoms. The molecule has 1 saturated heterocycles. The molecule has 1 aromatic rings. The molecule has 2 heterocycles. The normalized spacial score (nSPS) is 19.0. The number of rotatable bonds is 7. The van der Waals surface area contributed by atoms with Crippen LogP contribution in [-0.2, 0) is 6.42 Å². The molecule has 0 aliphatic carbocycles. The second-order valence-corrected chi connectivity index (χ2v) is 6.26. The van der Waals surface area contributed by atoms with Crippen molar-refractivity contribution in [1.29, 1.82) is 0 Å². The first-order valence-electron chi connectivity index (χ1n) is 8.24. The van der Waals surface area contributed by atoms with E-state index in [0.29, 0.717) is 0 Å². The average molecular weight is 290 g/mol.